The maximum atomic E-state index is 14.3. The van der Waals surface area contributed by atoms with Crippen molar-refractivity contribution in [1.29, 1.82) is 0 Å². The minimum Gasteiger partial charge on any atom is -0.353 e. The average Bonchev–Trinajstić information content (AvgIpc) is 3.12. The monoisotopic (exact) mass is 551 g/mol. The Bertz CT molecular complexity index is 1140. The summed E-state index contributed by atoms with van der Waals surface area (Å²) in [6, 6.07) is 4.59. The number of aromatic nitrogens is 2. The fourth-order valence-electron chi connectivity index (χ4n) is 3.14. The van der Waals surface area contributed by atoms with Gasteiger partial charge < -0.3 is 13.4 Å². The minimum absolute atomic E-state index is 0.0227. The number of benzene rings is 2. The van der Waals surface area contributed by atoms with Crippen LogP contribution >= 0.6 is 34.6 Å². The molecule has 1 fully saturated rings. The van der Waals surface area contributed by atoms with Crippen LogP contribution in [0.2, 0.25) is 5.02 Å². The normalized spacial score (nSPS) is 19.1. The van der Waals surface area contributed by atoms with Crippen LogP contribution in [0.4, 0.5) is 24.8 Å². The molecular weight excluding hydrogens is 538 g/mol. The molecular formula is C18H14ClF3IN5O2. The van der Waals surface area contributed by atoms with Crippen molar-refractivity contribution < 1.29 is 21.4 Å². The number of aliphatic imine (C=N–C) groups is 1. The molecule has 0 saturated heterocycles. The summed E-state index contributed by atoms with van der Waals surface area (Å²) in [5, 5.41) is 12.5. The van der Waals surface area contributed by atoms with E-state index in [2.05, 4.69) is 20.3 Å². The van der Waals surface area contributed by atoms with Crippen molar-refractivity contribution in [3.05, 3.63) is 52.3 Å². The van der Waals surface area contributed by atoms with Crippen molar-refractivity contribution >= 4 is 63.1 Å². The van der Waals surface area contributed by atoms with Gasteiger partial charge in [0.1, 0.15) is 34.3 Å². The highest BCUT2D eigenvalue weighted by Crippen LogP contribution is 2.30. The maximum Gasteiger partial charge on any atom is 0.201 e. The van der Waals surface area contributed by atoms with E-state index in [1.165, 1.54) is 12.1 Å². The summed E-state index contributed by atoms with van der Waals surface area (Å²) in [4.78, 5) is 11.1. The number of halogens is 5. The smallest absolute Gasteiger partial charge is 0.201 e. The second-order valence-electron chi connectivity index (χ2n) is 6.72. The Morgan fingerprint density at radius 1 is 1.27 bits per heavy atom. The number of aromatic amines is 1. The largest absolute Gasteiger partial charge is 0.353 e. The van der Waals surface area contributed by atoms with Crippen LogP contribution in [0.25, 0.3) is 11.0 Å². The van der Waals surface area contributed by atoms with Gasteiger partial charge in [0.25, 0.3) is 0 Å². The van der Waals surface area contributed by atoms with Gasteiger partial charge in [-0.05, 0) is 37.1 Å². The molecule has 1 aliphatic rings. The number of rotatable bonds is 5. The van der Waals surface area contributed by atoms with E-state index < -0.39 is 17.5 Å². The zero-order chi connectivity index (χ0) is 21.4. The highest BCUT2D eigenvalue weighted by Gasteiger charge is 2.30. The fourth-order valence-corrected chi connectivity index (χ4v) is 3.73. The molecule has 1 heterocycles. The van der Waals surface area contributed by atoms with Crippen LogP contribution in [0.1, 0.15) is 18.4 Å². The summed E-state index contributed by atoms with van der Waals surface area (Å²) >= 11 is 7.59. The van der Waals surface area contributed by atoms with Crippen molar-refractivity contribution in [3.8, 4) is 0 Å². The number of hydrogen-bond acceptors (Lipinski definition) is 5. The molecule has 0 spiro atoms. The van der Waals surface area contributed by atoms with Crippen LogP contribution in [0.5, 0.6) is 0 Å². The summed E-state index contributed by atoms with van der Waals surface area (Å²) in [5.41, 5.74) is 1.94. The Kier molecular flexibility index (Phi) is 6.04. The van der Waals surface area contributed by atoms with Crippen LogP contribution in [-0.4, -0.2) is 33.2 Å². The quantitative estimate of drug-likeness (QED) is 0.155. The highest BCUT2D eigenvalue weighted by molar-refractivity contribution is 14.1. The van der Waals surface area contributed by atoms with E-state index in [9.17, 15) is 18.4 Å². The predicted molar refractivity (Wildman–Crippen MR) is 114 cm³/mol. The lowest BCUT2D eigenvalue weighted by atomic mass is 9.90. The molecule has 30 heavy (non-hydrogen) atoms. The molecule has 158 valence electrons. The number of imidazole rings is 1. The first-order valence-electron chi connectivity index (χ1n) is 8.75. The number of nitrogens with zero attached hydrogens (tertiary/aromatic N) is 2. The second kappa shape index (κ2) is 8.57. The topological polar surface area (TPSA) is 94.6 Å². The van der Waals surface area contributed by atoms with Crippen molar-refractivity contribution in [2.24, 2.45) is 4.99 Å². The van der Waals surface area contributed by atoms with Crippen LogP contribution in [-0.2, 0) is 3.07 Å². The average molecular weight is 552 g/mol. The summed E-state index contributed by atoms with van der Waals surface area (Å²) in [7, 11) is 0. The van der Waals surface area contributed by atoms with Gasteiger partial charge >= 0.3 is 0 Å². The number of hydrogen-bond donors (Lipinski definition) is 4. The lowest BCUT2D eigenvalue weighted by Crippen LogP contribution is -2.39. The Morgan fingerprint density at radius 2 is 2.03 bits per heavy atom. The van der Waals surface area contributed by atoms with Crippen molar-refractivity contribution in [1.82, 2.24) is 15.4 Å². The molecule has 4 N–H and O–H groups in total. The van der Waals surface area contributed by atoms with Crippen LogP contribution in [0, 0.1) is 17.5 Å². The third-order valence-electron chi connectivity index (χ3n) is 4.73. The molecule has 2 aromatic carbocycles. The number of H-pyrrole nitrogens is 1. The molecule has 0 amide bonds. The maximum absolute atomic E-state index is 14.3. The molecule has 1 aliphatic carbocycles. The molecule has 0 radical (unpaired) electrons. The summed E-state index contributed by atoms with van der Waals surface area (Å²) in [6.07, 6.45) is 1.64. The molecule has 12 heteroatoms. The third kappa shape index (κ3) is 4.06. The number of nitrogens with one attached hydrogen (secondary N) is 3. The SMILES string of the molecule is ONC(=Nc1ccc(F)c(Cl)c1)c1cc(F)c(F)c2nc(NC3CC(OI)C3)[nH]c12. The third-order valence-corrected chi connectivity index (χ3v) is 5.74. The summed E-state index contributed by atoms with van der Waals surface area (Å²) in [5.74, 6) is -2.91. The molecule has 0 bridgehead atoms. The molecule has 0 atom stereocenters. The Morgan fingerprint density at radius 3 is 2.70 bits per heavy atom. The van der Waals surface area contributed by atoms with E-state index >= 15 is 0 Å². The van der Waals surface area contributed by atoms with Crippen LogP contribution < -0.4 is 10.8 Å². The first-order valence-corrected chi connectivity index (χ1v) is 10.0. The highest BCUT2D eigenvalue weighted by atomic mass is 127. The molecule has 4 rings (SSSR count). The first-order chi connectivity index (χ1) is 14.4. The zero-order valence-electron chi connectivity index (χ0n) is 15.0. The molecule has 0 unspecified atom stereocenters. The van der Waals surface area contributed by atoms with Gasteiger partial charge in [0, 0.05) is 11.6 Å². The Hall–Kier alpha value is -2.09. The number of hydroxylamine groups is 1. The molecule has 1 aromatic heterocycles. The van der Waals surface area contributed by atoms with E-state index in [4.69, 9.17) is 14.7 Å². The van der Waals surface area contributed by atoms with Gasteiger partial charge in [-0.15, -0.1) is 0 Å². The van der Waals surface area contributed by atoms with Gasteiger partial charge in [0.2, 0.25) is 5.95 Å². The number of fused-ring (bicyclic) bond motifs is 1. The van der Waals surface area contributed by atoms with Gasteiger partial charge in [-0.3, -0.25) is 10.7 Å². The lowest BCUT2D eigenvalue weighted by molar-refractivity contribution is 0.160. The summed E-state index contributed by atoms with van der Waals surface area (Å²) < 4.78 is 47.1. The number of anilines is 1. The van der Waals surface area contributed by atoms with Crippen LogP contribution in [0.15, 0.2) is 29.3 Å². The molecule has 1 saturated carbocycles. The van der Waals surface area contributed by atoms with Gasteiger partial charge in [-0.25, -0.2) is 23.1 Å². The zero-order valence-corrected chi connectivity index (χ0v) is 17.9. The van der Waals surface area contributed by atoms with E-state index in [0.29, 0.717) is 0 Å². The van der Waals surface area contributed by atoms with Crippen LogP contribution in [0.3, 0.4) is 0 Å². The van der Waals surface area contributed by atoms with Gasteiger partial charge in [-0.2, -0.15) is 0 Å². The van der Waals surface area contributed by atoms with Crippen molar-refractivity contribution in [2.75, 3.05) is 5.32 Å². The van der Waals surface area contributed by atoms with Gasteiger partial charge in [-0.1, -0.05) is 11.6 Å². The van der Waals surface area contributed by atoms with E-state index in [0.717, 1.165) is 25.0 Å². The predicted octanol–water partition coefficient (Wildman–Crippen LogP) is 5.00. The van der Waals surface area contributed by atoms with Crippen molar-refractivity contribution in [3.63, 3.8) is 0 Å². The van der Waals surface area contributed by atoms with E-state index in [-0.39, 0.29) is 51.2 Å². The molecule has 0 aliphatic heterocycles. The van der Waals surface area contributed by atoms with Gasteiger partial charge in [0.05, 0.1) is 22.3 Å². The second-order valence-corrected chi connectivity index (χ2v) is 7.64. The molecule has 3 aromatic rings. The standard InChI is InChI=1S/C18H14ClF3IN5O2/c19-11-5-7(1-2-12(11)20)24-17(28-29)10-6-13(21)14(22)16-15(10)26-18(27-16)25-8-3-9(4-8)30-23/h1-2,5-6,8-9,29H,3-4H2,(H,24,28)(H2,25,26,27). The fraction of sp³-hybridized carbons (Fsp3) is 0.222. The van der Waals surface area contributed by atoms with Gasteiger partial charge in [0.15, 0.2) is 17.5 Å². The first kappa shape index (κ1) is 21.2. The Balaban J connectivity index is 1.74. The van der Waals surface area contributed by atoms with E-state index in [1.807, 2.05) is 28.5 Å². The lowest BCUT2D eigenvalue weighted by Gasteiger charge is -2.33. The van der Waals surface area contributed by atoms with Crippen molar-refractivity contribution in [2.45, 2.75) is 25.0 Å². The summed E-state index contributed by atoms with van der Waals surface area (Å²) in [6.45, 7) is 0. The number of amidine groups is 1. The molecule has 7 nitrogen and oxygen atoms in total. The Labute approximate surface area is 187 Å². The minimum atomic E-state index is -1.17. The van der Waals surface area contributed by atoms with E-state index in [1.54, 1.807) is 0 Å².